The molecule has 4 heteroatoms. The molecular formula is C11H9NO3. The number of hydrogen-bond acceptors (Lipinski definition) is 3. The van der Waals surface area contributed by atoms with Gasteiger partial charge in [-0.2, -0.15) is 0 Å². The van der Waals surface area contributed by atoms with E-state index in [-0.39, 0.29) is 5.88 Å². The molecule has 1 heterocycles. The van der Waals surface area contributed by atoms with Gasteiger partial charge in [-0.05, 0) is 12.1 Å². The lowest BCUT2D eigenvalue weighted by atomic mass is 10.3. The molecule has 1 aromatic carbocycles. The standard InChI is InChI=1S/C11H9NO3/c1-15-10-7-9(13)11(14)12(10)8-5-3-2-4-6-8/h2-7H,1H3. The normalized spacial score (nSPS) is 15.5. The van der Waals surface area contributed by atoms with Crippen molar-refractivity contribution in [1.82, 2.24) is 0 Å². The first-order valence-electron chi connectivity index (χ1n) is 4.43. The second-order valence-electron chi connectivity index (χ2n) is 3.03. The first-order chi connectivity index (χ1) is 7.24. The Balaban J connectivity index is 2.41. The first-order valence-corrected chi connectivity index (χ1v) is 4.43. The van der Waals surface area contributed by atoms with E-state index in [2.05, 4.69) is 0 Å². The van der Waals surface area contributed by atoms with Crippen molar-refractivity contribution in [2.75, 3.05) is 12.0 Å². The van der Waals surface area contributed by atoms with Crippen molar-refractivity contribution in [3.05, 3.63) is 42.3 Å². The highest BCUT2D eigenvalue weighted by molar-refractivity contribution is 6.48. The van der Waals surface area contributed by atoms with Crippen LogP contribution in [-0.4, -0.2) is 18.8 Å². The van der Waals surface area contributed by atoms with Gasteiger partial charge in [0.2, 0.25) is 11.7 Å². The monoisotopic (exact) mass is 203 g/mol. The van der Waals surface area contributed by atoms with E-state index in [1.54, 1.807) is 24.3 Å². The van der Waals surface area contributed by atoms with Crippen LogP contribution in [0.3, 0.4) is 0 Å². The zero-order valence-corrected chi connectivity index (χ0v) is 8.14. The lowest BCUT2D eigenvalue weighted by Gasteiger charge is -2.17. The predicted octanol–water partition coefficient (Wildman–Crippen LogP) is 1.09. The second kappa shape index (κ2) is 3.57. The number of amides is 1. The highest BCUT2D eigenvalue weighted by Crippen LogP contribution is 2.23. The molecule has 0 aliphatic carbocycles. The van der Waals surface area contributed by atoms with Gasteiger partial charge in [0.25, 0.3) is 0 Å². The van der Waals surface area contributed by atoms with Crippen LogP contribution >= 0.6 is 0 Å². The molecule has 0 N–H and O–H groups in total. The van der Waals surface area contributed by atoms with E-state index in [4.69, 9.17) is 4.74 Å². The van der Waals surface area contributed by atoms with Crippen molar-refractivity contribution < 1.29 is 14.3 Å². The van der Waals surface area contributed by atoms with Crippen LogP contribution in [0.4, 0.5) is 5.69 Å². The lowest BCUT2D eigenvalue weighted by Crippen LogP contribution is -2.29. The molecule has 1 aromatic rings. The van der Waals surface area contributed by atoms with Gasteiger partial charge >= 0.3 is 5.91 Å². The summed E-state index contributed by atoms with van der Waals surface area (Å²) in [6, 6.07) is 8.89. The molecule has 76 valence electrons. The van der Waals surface area contributed by atoms with Gasteiger partial charge in [-0.3, -0.25) is 9.59 Å². The lowest BCUT2D eigenvalue weighted by molar-refractivity contribution is -0.132. The van der Waals surface area contributed by atoms with Crippen LogP contribution in [-0.2, 0) is 14.3 Å². The number of methoxy groups -OCH3 is 1. The summed E-state index contributed by atoms with van der Waals surface area (Å²) in [5.74, 6) is -0.884. The van der Waals surface area contributed by atoms with E-state index < -0.39 is 11.7 Å². The fraction of sp³-hybridized carbons (Fsp3) is 0.0909. The molecule has 1 aliphatic rings. The predicted molar refractivity (Wildman–Crippen MR) is 54.0 cm³/mol. The van der Waals surface area contributed by atoms with Crippen LogP contribution in [0.5, 0.6) is 0 Å². The SMILES string of the molecule is COC1=CC(=O)C(=O)N1c1ccccc1. The number of carbonyl (C=O) groups excluding carboxylic acids is 2. The third-order valence-corrected chi connectivity index (χ3v) is 2.11. The van der Waals surface area contributed by atoms with Crippen LogP contribution in [0.1, 0.15) is 0 Å². The van der Waals surface area contributed by atoms with Crippen molar-refractivity contribution in [2.45, 2.75) is 0 Å². The molecule has 0 atom stereocenters. The quantitative estimate of drug-likeness (QED) is 0.676. The molecule has 0 saturated heterocycles. The Hall–Kier alpha value is -2.10. The van der Waals surface area contributed by atoms with E-state index in [9.17, 15) is 9.59 Å². The topological polar surface area (TPSA) is 46.6 Å². The number of anilines is 1. The highest BCUT2D eigenvalue weighted by Gasteiger charge is 2.33. The summed E-state index contributed by atoms with van der Waals surface area (Å²) in [6.07, 6.45) is 1.19. The number of ether oxygens (including phenoxy) is 1. The molecule has 4 nitrogen and oxygen atoms in total. The molecule has 1 amide bonds. The van der Waals surface area contributed by atoms with Gasteiger partial charge < -0.3 is 4.74 Å². The molecule has 0 bridgehead atoms. The largest absolute Gasteiger partial charge is 0.482 e. The first kappa shape index (κ1) is 9.45. The summed E-state index contributed by atoms with van der Waals surface area (Å²) >= 11 is 0. The van der Waals surface area contributed by atoms with Gasteiger partial charge in [-0.1, -0.05) is 18.2 Å². The Morgan fingerprint density at radius 2 is 1.80 bits per heavy atom. The molecule has 1 aliphatic heterocycles. The molecule has 2 rings (SSSR count). The minimum absolute atomic E-state index is 0.260. The van der Waals surface area contributed by atoms with Gasteiger partial charge in [0.1, 0.15) is 0 Å². The van der Waals surface area contributed by atoms with Crippen molar-refractivity contribution in [3.8, 4) is 0 Å². The Morgan fingerprint density at radius 3 is 2.40 bits per heavy atom. The Bertz CT molecular complexity index is 436. The van der Waals surface area contributed by atoms with Crippen LogP contribution < -0.4 is 4.90 Å². The van der Waals surface area contributed by atoms with Crippen molar-refractivity contribution in [2.24, 2.45) is 0 Å². The molecule has 0 spiro atoms. The number of ketones is 1. The average Bonchev–Trinajstić information content (AvgIpc) is 2.56. The highest BCUT2D eigenvalue weighted by atomic mass is 16.5. The van der Waals surface area contributed by atoms with Crippen LogP contribution in [0, 0.1) is 0 Å². The van der Waals surface area contributed by atoms with E-state index in [1.165, 1.54) is 18.1 Å². The average molecular weight is 203 g/mol. The van der Waals surface area contributed by atoms with Gasteiger partial charge in [0.15, 0.2) is 0 Å². The molecule has 0 unspecified atom stereocenters. The maximum atomic E-state index is 11.5. The fourth-order valence-electron chi connectivity index (χ4n) is 1.42. The van der Waals surface area contributed by atoms with Gasteiger partial charge in [0.05, 0.1) is 18.9 Å². The van der Waals surface area contributed by atoms with Gasteiger partial charge in [-0.25, -0.2) is 4.90 Å². The Kier molecular flexibility index (Phi) is 2.25. The summed E-state index contributed by atoms with van der Waals surface area (Å²) in [5, 5.41) is 0. The maximum Gasteiger partial charge on any atom is 0.305 e. The molecule has 0 radical (unpaired) electrons. The van der Waals surface area contributed by atoms with E-state index in [0.717, 1.165) is 0 Å². The number of hydrogen-bond donors (Lipinski definition) is 0. The van der Waals surface area contributed by atoms with Crippen LogP contribution in [0.2, 0.25) is 0 Å². The Labute approximate surface area is 86.8 Å². The molecule has 0 aromatic heterocycles. The molecular weight excluding hydrogens is 194 g/mol. The summed E-state index contributed by atoms with van der Waals surface area (Å²) < 4.78 is 4.96. The van der Waals surface area contributed by atoms with E-state index in [1.807, 2.05) is 6.07 Å². The molecule has 0 fully saturated rings. The number of para-hydroxylation sites is 1. The van der Waals surface area contributed by atoms with Crippen molar-refractivity contribution in [1.29, 1.82) is 0 Å². The molecule has 0 saturated carbocycles. The van der Waals surface area contributed by atoms with Crippen molar-refractivity contribution >= 4 is 17.4 Å². The maximum absolute atomic E-state index is 11.5. The molecule has 15 heavy (non-hydrogen) atoms. The number of rotatable bonds is 2. The number of benzene rings is 1. The minimum Gasteiger partial charge on any atom is -0.482 e. The smallest absolute Gasteiger partial charge is 0.305 e. The zero-order chi connectivity index (χ0) is 10.8. The second-order valence-corrected chi connectivity index (χ2v) is 3.03. The fourth-order valence-corrected chi connectivity index (χ4v) is 1.42. The van der Waals surface area contributed by atoms with Gasteiger partial charge in [-0.15, -0.1) is 0 Å². The summed E-state index contributed by atoms with van der Waals surface area (Å²) in [7, 11) is 1.42. The van der Waals surface area contributed by atoms with E-state index in [0.29, 0.717) is 5.69 Å². The van der Waals surface area contributed by atoms with Crippen molar-refractivity contribution in [3.63, 3.8) is 0 Å². The number of carbonyl (C=O) groups is 2. The summed E-state index contributed by atoms with van der Waals surface area (Å²) in [5.41, 5.74) is 0.626. The third kappa shape index (κ3) is 1.50. The van der Waals surface area contributed by atoms with Crippen LogP contribution in [0.25, 0.3) is 0 Å². The van der Waals surface area contributed by atoms with Gasteiger partial charge in [0, 0.05) is 0 Å². The summed E-state index contributed by atoms with van der Waals surface area (Å²) in [6.45, 7) is 0. The summed E-state index contributed by atoms with van der Waals surface area (Å²) in [4.78, 5) is 24.0. The zero-order valence-electron chi connectivity index (χ0n) is 8.14. The van der Waals surface area contributed by atoms with E-state index >= 15 is 0 Å². The van der Waals surface area contributed by atoms with Crippen LogP contribution in [0.15, 0.2) is 42.3 Å². The number of nitrogens with zero attached hydrogens (tertiary/aromatic N) is 1. The Morgan fingerprint density at radius 1 is 1.13 bits per heavy atom. The minimum atomic E-state index is -0.585. The third-order valence-electron chi connectivity index (χ3n) is 2.11.